The molecule has 3 nitrogen and oxygen atoms in total. The van der Waals surface area contributed by atoms with Crippen molar-refractivity contribution in [1.29, 1.82) is 0 Å². The first-order valence-electron chi connectivity index (χ1n) is 7.11. The lowest BCUT2D eigenvalue weighted by molar-refractivity contribution is 0.558. The molecule has 1 aromatic heterocycles. The van der Waals surface area contributed by atoms with E-state index >= 15 is 0 Å². The lowest BCUT2D eigenvalue weighted by Crippen LogP contribution is -2.20. The van der Waals surface area contributed by atoms with E-state index in [-0.39, 0.29) is 6.04 Å². The summed E-state index contributed by atoms with van der Waals surface area (Å²) in [5.74, 6) is 0. The van der Waals surface area contributed by atoms with E-state index in [0.717, 1.165) is 27.5 Å². The fourth-order valence-electron chi connectivity index (χ4n) is 2.52. The zero-order chi connectivity index (χ0) is 15.6. The van der Waals surface area contributed by atoms with Gasteiger partial charge in [-0.15, -0.1) is 0 Å². The second-order valence-corrected chi connectivity index (χ2v) is 6.90. The molecule has 2 rings (SSSR count). The van der Waals surface area contributed by atoms with Crippen LogP contribution in [0.3, 0.4) is 0 Å². The number of nitrogens with zero attached hydrogens (tertiary/aromatic N) is 2. The molecule has 0 fully saturated rings. The fourth-order valence-corrected chi connectivity index (χ4v) is 4.06. The molecule has 114 valence electrons. The summed E-state index contributed by atoms with van der Waals surface area (Å²) in [7, 11) is 4.01. The number of hydrogen-bond donors (Lipinski definition) is 1. The lowest BCUT2D eigenvalue weighted by atomic mass is 10.0. The van der Waals surface area contributed by atoms with Gasteiger partial charge in [0.15, 0.2) is 0 Å². The standard InChI is InChI=1S/C16H21Br2N3/c1-5-13-16(18)15(21(4)20-13)9-14(19-3)11-7-6-10(2)8-12(11)17/h6-8,14,19H,5,9H2,1-4H3. The van der Waals surface area contributed by atoms with Gasteiger partial charge in [-0.3, -0.25) is 4.68 Å². The Morgan fingerprint density at radius 3 is 2.57 bits per heavy atom. The molecule has 0 aliphatic carbocycles. The minimum atomic E-state index is 0.247. The highest BCUT2D eigenvalue weighted by molar-refractivity contribution is 9.10. The van der Waals surface area contributed by atoms with Crippen LogP contribution in [0.5, 0.6) is 0 Å². The molecule has 1 atom stereocenters. The van der Waals surface area contributed by atoms with Crippen LogP contribution < -0.4 is 5.32 Å². The third-order valence-corrected chi connectivity index (χ3v) is 5.38. The number of nitrogens with one attached hydrogen (secondary N) is 1. The van der Waals surface area contributed by atoms with Gasteiger partial charge in [0.2, 0.25) is 0 Å². The number of halogens is 2. The summed E-state index contributed by atoms with van der Waals surface area (Å²) < 4.78 is 4.27. The van der Waals surface area contributed by atoms with Crippen LogP contribution in [0.15, 0.2) is 27.1 Å². The monoisotopic (exact) mass is 413 g/mol. The molecule has 0 aliphatic heterocycles. The summed E-state index contributed by atoms with van der Waals surface area (Å²) in [5, 5.41) is 7.99. The molecular weight excluding hydrogens is 394 g/mol. The number of likely N-dealkylation sites (N-methyl/N-ethyl adjacent to an activating group) is 1. The van der Waals surface area contributed by atoms with E-state index in [9.17, 15) is 0 Å². The molecule has 0 saturated heterocycles. The van der Waals surface area contributed by atoms with Gasteiger partial charge in [-0.2, -0.15) is 5.10 Å². The Balaban J connectivity index is 2.33. The van der Waals surface area contributed by atoms with Gasteiger partial charge in [0, 0.05) is 24.0 Å². The van der Waals surface area contributed by atoms with Crippen LogP contribution in [0.2, 0.25) is 0 Å². The molecule has 0 bridgehead atoms. The van der Waals surface area contributed by atoms with Gasteiger partial charge in [0.1, 0.15) is 0 Å². The van der Waals surface area contributed by atoms with Gasteiger partial charge in [-0.1, -0.05) is 35.0 Å². The summed E-state index contributed by atoms with van der Waals surface area (Å²) in [4.78, 5) is 0. The van der Waals surface area contributed by atoms with E-state index in [1.54, 1.807) is 0 Å². The van der Waals surface area contributed by atoms with Crippen molar-refractivity contribution in [2.45, 2.75) is 32.7 Å². The molecule has 5 heteroatoms. The van der Waals surface area contributed by atoms with Crippen molar-refractivity contribution in [1.82, 2.24) is 15.1 Å². The van der Waals surface area contributed by atoms with E-state index in [4.69, 9.17) is 0 Å². The van der Waals surface area contributed by atoms with Crippen molar-refractivity contribution in [2.24, 2.45) is 7.05 Å². The van der Waals surface area contributed by atoms with Gasteiger partial charge in [-0.25, -0.2) is 0 Å². The topological polar surface area (TPSA) is 29.9 Å². The van der Waals surface area contributed by atoms with Crippen LogP contribution in [0.1, 0.15) is 35.5 Å². The highest BCUT2D eigenvalue weighted by Crippen LogP contribution is 2.30. The zero-order valence-corrected chi connectivity index (χ0v) is 16.0. The number of benzene rings is 1. The van der Waals surface area contributed by atoms with E-state index in [1.807, 2.05) is 18.8 Å². The summed E-state index contributed by atoms with van der Waals surface area (Å²) in [5.41, 5.74) is 4.87. The first kappa shape index (κ1) is 16.7. The van der Waals surface area contributed by atoms with Crippen LogP contribution in [0.4, 0.5) is 0 Å². The number of aryl methyl sites for hydroxylation is 3. The third kappa shape index (κ3) is 3.58. The quantitative estimate of drug-likeness (QED) is 0.789. The Bertz CT molecular complexity index is 635. The summed E-state index contributed by atoms with van der Waals surface area (Å²) in [6.07, 6.45) is 1.83. The summed E-state index contributed by atoms with van der Waals surface area (Å²) >= 11 is 7.38. The average Bonchev–Trinajstić information content (AvgIpc) is 2.72. The van der Waals surface area contributed by atoms with Crippen molar-refractivity contribution in [3.05, 3.63) is 49.7 Å². The highest BCUT2D eigenvalue weighted by Gasteiger charge is 2.19. The Hall–Kier alpha value is -0.650. The Morgan fingerprint density at radius 2 is 2.05 bits per heavy atom. The highest BCUT2D eigenvalue weighted by atomic mass is 79.9. The van der Waals surface area contributed by atoms with Gasteiger partial charge in [-0.05, 0) is 53.5 Å². The molecule has 0 aliphatic rings. The molecule has 0 spiro atoms. The first-order valence-corrected chi connectivity index (χ1v) is 8.70. The average molecular weight is 415 g/mol. The molecule has 0 saturated carbocycles. The number of aromatic nitrogens is 2. The van der Waals surface area contributed by atoms with Gasteiger partial charge in [0.05, 0.1) is 15.9 Å². The van der Waals surface area contributed by atoms with Crippen LogP contribution >= 0.6 is 31.9 Å². The maximum absolute atomic E-state index is 4.58. The van der Waals surface area contributed by atoms with E-state index in [0.29, 0.717) is 0 Å². The van der Waals surface area contributed by atoms with Crippen molar-refractivity contribution >= 4 is 31.9 Å². The maximum atomic E-state index is 4.58. The Morgan fingerprint density at radius 1 is 1.33 bits per heavy atom. The molecule has 2 aromatic rings. The molecule has 1 heterocycles. The molecule has 0 radical (unpaired) electrons. The van der Waals surface area contributed by atoms with Crippen LogP contribution in [-0.4, -0.2) is 16.8 Å². The Kier molecular flexibility index (Phi) is 5.63. The second-order valence-electron chi connectivity index (χ2n) is 5.25. The van der Waals surface area contributed by atoms with E-state index < -0.39 is 0 Å². The predicted octanol–water partition coefficient (Wildman–Crippen LogP) is 4.32. The Labute approximate surface area is 143 Å². The van der Waals surface area contributed by atoms with Gasteiger partial charge >= 0.3 is 0 Å². The van der Waals surface area contributed by atoms with Crippen molar-refractivity contribution in [3.63, 3.8) is 0 Å². The van der Waals surface area contributed by atoms with E-state index in [2.05, 4.69) is 74.3 Å². The van der Waals surface area contributed by atoms with Crippen molar-refractivity contribution in [3.8, 4) is 0 Å². The van der Waals surface area contributed by atoms with Crippen LogP contribution in [0.25, 0.3) is 0 Å². The second kappa shape index (κ2) is 7.07. The minimum Gasteiger partial charge on any atom is -0.313 e. The number of rotatable bonds is 5. The SMILES string of the molecule is CCc1nn(C)c(CC(NC)c2ccc(C)cc2Br)c1Br. The third-order valence-electron chi connectivity index (χ3n) is 3.78. The van der Waals surface area contributed by atoms with Crippen LogP contribution in [0, 0.1) is 6.92 Å². The molecule has 1 aromatic carbocycles. The van der Waals surface area contributed by atoms with Gasteiger partial charge in [0.25, 0.3) is 0 Å². The largest absolute Gasteiger partial charge is 0.313 e. The number of hydrogen-bond acceptors (Lipinski definition) is 2. The first-order chi connectivity index (χ1) is 9.97. The molecule has 0 amide bonds. The smallest absolute Gasteiger partial charge is 0.0766 e. The van der Waals surface area contributed by atoms with Crippen molar-refractivity contribution in [2.75, 3.05) is 7.05 Å². The molecular formula is C16H21Br2N3. The maximum Gasteiger partial charge on any atom is 0.0766 e. The zero-order valence-electron chi connectivity index (χ0n) is 12.9. The lowest BCUT2D eigenvalue weighted by Gasteiger charge is -2.19. The predicted molar refractivity (Wildman–Crippen MR) is 94.7 cm³/mol. The molecule has 21 heavy (non-hydrogen) atoms. The van der Waals surface area contributed by atoms with Crippen LogP contribution in [-0.2, 0) is 19.9 Å². The minimum absolute atomic E-state index is 0.247. The van der Waals surface area contributed by atoms with Crippen molar-refractivity contribution < 1.29 is 0 Å². The summed E-state index contributed by atoms with van der Waals surface area (Å²) in [6.45, 7) is 4.23. The molecule has 1 N–H and O–H groups in total. The summed E-state index contributed by atoms with van der Waals surface area (Å²) in [6, 6.07) is 6.75. The van der Waals surface area contributed by atoms with E-state index in [1.165, 1.54) is 16.8 Å². The molecule has 1 unspecified atom stereocenters. The normalized spacial score (nSPS) is 12.7. The fraction of sp³-hybridized carbons (Fsp3) is 0.438. The van der Waals surface area contributed by atoms with Gasteiger partial charge < -0.3 is 5.32 Å².